The number of rotatable bonds is 10. The highest BCUT2D eigenvalue weighted by Crippen LogP contribution is 2.51. The molecule has 0 bridgehead atoms. The molecule has 2 atom stereocenters. The number of benzene rings is 1. The lowest BCUT2D eigenvalue weighted by atomic mass is 9.85. The predicted octanol–water partition coefficient (Wildman–Crippen LogP) is 5.13. The molecule has 1 aliphatic carbocycles. The van der Waals surface area contributed by atoms with Gasteiger partial charge in [0.05, 0.1) is 32.6 Å². The molecule has 0 fully saturated rings. The number of nitrogens with zero attached hydrogens (tertiary/aromatic N) is 2. The van der Waals surface area contributed by atoms with Gasteiger partial charge in [-0.2, -0.15) is 13.2 Å². The molecule has 2 heterocycles. The molecule has 9 heteroatoms. The number of alkyl halides is 4. The van der Waals surface area contributed by atoms with Gasteiger partial charge in [-0.25, -0.2) is 4.98 Å². The Balaban J connectivity index is 1.68. The molecule has 1 aromatic carbocycles. The van der Waals surface area contributed by atoms with Crippen molar-refractivity contribution >= 4 is 5.57 Å². The molecular weight excluding hydrogens is 462 g/mol. The third kappa shape index (κ3) is 5.78. The van der Waals surface area contributed by atoms with Gasteiger partial charge in [0.15, 0.2) is 0 Å². The summed E-state index contributed by atoms with van der Waals surface area (Å²) >= 11 is 0. The van der Waals surface area contributed by atoms with Gasteiger partial charge in [0, 0.05) is 24.2 Å². The Morgan fingerprint density at radius 2 is 2.00 bits per heavy atom. The number of hydrogen-bond donors (Lipinski definition) is 1. The summed E-state index contributed by atoms with van der Waals surface area (Å²) in [6.07, 6.45) is -1.26. The molecule has 0 spiro atoms. The van der Waals surface area contributed by atoms with Crippen LogP contribution in [0.5, 0.6) is 11.6 Å². The molecular formula is C26H31F4N3O2. The monoisotopic (exact) mass is 493 g/mol. The number of halogens is 4. The van der Waals surface area contributed by atoms with Crippen molar-refractivity contribution in [2.24, 2.45) is 0 Å². The van der Waals surface area contributed by atoms with Crippen LogP contribution >= 0.6 is 0 Å². The van der Waals surface area contributed by atoms with E-state index in [9.17, 15) is 17.6 Å². The summed E-state index contributed by atoms with van der Waals surface area (Å²) in [5, 5.41) is 3.08. The van der Waals surface area contributed by atoms with Gasteiger partial charge in [-0.1, -0.05) is 24.3 Å². The van der Waals surface area contributed by atoms with Crippen molar-refractivity contribution in [1.29, 1.82) is 0 Å². The molecule has 4 rings (SSSR count). The van der Waals surface area contributed by atoms with E-state index in [-0.39, 0.29) is 12.7 Å². The first-order valence-corrected chi connectivity index (χ1v) is 11.9. The van der Waals surface area contributed by atoms with Crippen molar-refractivity contribution < 1.29 is 27.0 Å². The van der Waals surface area contributed by atoms with Crippen LogP contribution in [0.4, 0.5) is 17.6 Å². The van der Waals surface area contributed by atoms with Gasteiger partial charge >= 0.3 is 6.18 Å². The van der Waals surface area contributed by atoms with Crippen LogP contribution in [-0.2, 0) is 6.42 Å². The van der Waals surface area contributed by atoms with Gasteiger partial charge < -0.3 is 14.8 Å². The van der Waals surface area contributed by atoms with Crippen molar-refractivity contribution in [1.82, 2.24) is 15.2 Å². The highest BCUT2D eigenvalue weighted by atomic mass is 19.4. The fourth-order valence-corrected chi connectivity index (χ4v) is 5.09. The van der Waals surface area contributed by atoms with Crippen LogP contribution in [-0.4, -0.2) is 62.1 Å². The zero-order valence-corrected chi connectivity index (χ0v) is 20.0. The minimum atomic E-state index is -4.35. The molecule has 0 unspecified atom stereocenters. The largest absolute Gasteiger partial charge is 0.495 e. The van der Waals surface area contributed by atoms with Gasteiger partial charge in [0.2, 0.25) is 5.88 Å². The number of fused-ring (bicyclic) bond motifs is 2. The molecule has 1 aromatic heterocycles. The van der Waals surface area contributed by atoms with Gasteiger partial charge in [-0.05, 0) is 55.0 Å². The Bertz CT molecular complexity index is 1060. The topological polar surface area (TPSA) is 46.6 Å². The van der Waals surface area contributed by atoms with Crippen molar-refractivity contribution in [3.05, 3.63) is 58.8 Å². The van der Waals surface area contributed by atoms with Crippen molar-refractivity contribution in [3.63, 3.8) is 0 Å². The standard InChI is InChI=1S/C26H31F4N3O2/c1-17-12-20-19-7-4-3-6-18(19)13-21(20)25(33(17)16-26(28,29)30)22-14-24(32-15-23(22)34-2)35-11-10-31-9-5-8-27/h3-4,6-7,14-15,17,25,31H,5,8-13,16H2,1-2H3/t17-,25+/m1/s1. The highest BCUT2D eigenvalue weighted by Gasteiger charge is 2.44. The van der Waals surface area contributed by atoms with E-state index in [0.29, 0.717) is 56.2 Å². The summed E-state index contributed by atoms with van der Waals surface area (Å²) in [5.41, 5.74) is 4.95. The second kappa shape index (κ2) is 11.0. The van der Waals surface area contributed by atoms with Crippen LogP contribution in [0, 0.1) is 0 Å². The molecule has 2 aromatic rings. The van der Waals surface area contributed by atoms with E-state index < -0.39 is 18.8 Å². The minimum Gasteiger partial charge on any atom is -0.495 e. The highest BCUT2D eigenvalue weighted by molar-refractivity contribution is 5.79. The average molecular weight is 494 g/mol. The van der Waals surface area contributed by atoms with Gasteiger partial charge in [-0.3, -0.25) is 9.29 Å². The number of methoxy groups -OCH3 is 1. The summed E-state index contributed by atoms with van der Waals surface area (Å²) in [4.78, 5) is 5.81. The lowest BCUT2D eigenvalue weighted by molar-refractivity contribution is -0.155. The predicted molar refractivity (Wildman–Crippen MR) is 126 cm³/mol. The Hall–Kier alpha value is -2.65. The van der Waals surface area contributed by atoms with E-state index in [1.54, 1.807) is 6.07 Å². The van der Waals surface area contributed by atoms with Crippen LogP contribution in [0.25, 0.3) is 5.57 Å². The van der Waals surface area contributed by atoms with Crippen molar-refractivity contribution in [3.8, 4) is 11.6 Å². The Morgan fingerprint density at radius 3 is 2.74 bits per heavy atom. The second-order valence-electron chi connectivity index (χ2n) is 8.99. The van der Waals surface area contributed by atoms with E-state index in [4.69, 9.17) is 9.47 Å². The minimum absolute atomic E-state index is 0.303. The molecule has 190 valence electrons. The zero-order valence-electron chi connectivity index (χ0n) is 20.0. The first-order valence-electron chi connectivity index (χ1n) is 11.9. The third-order valence-electron chi connectivity index (χ3n) is 6.60. The molecule has 35 heavy (non-hydrogen) atoms. The number of nitrogens with one attached hydrogen (secondary N) is 1. The fourth-order valence-electron chi connectivity index (χ4n) is 5.09. The lowest BCUT2D eigenvalue weighted by Gasteiger charge is -2.42. The van der Waals surface area contributed by atoms with Crippen LogP contribution in [0.1, 0.15) is 42.5 Å². The van der Waals surface area contributed by atoms with E-state index in [1.165, 1.54) is 18.2 Å². The van der Waals surface area contributed by atoms with E-state index in [0.717, 1.165) is 22.3 Å². The maximum Gasteiger partial charge on any atom is 0.401 e. The normalized spacial score (nSPS) is 20.1. The molecule has 5 nitrogen and oxygen atoms in total. The maximum absolute atomic E-state index is 13.7. The molecule has 0 saturated carbocycles. The summed E-state index contributed by atoms with van der Waals surface area (Å²) < 4.78 is 64.7. The lowest BCUT2D eigenvalue weighted by Crippen LogP contribution is -2.46. The first kappa shape index (κ1) is 25.4. The summed E-state index contributed by atoms with van der Waals surface area (Å²) in [6, 6.07) is 8.77. The quantitative estimate of drug-likeness (QED) is 0.368. The summed E-state index contributed by atoms with van der Waals surface area (Å²) in [5.74, 6) is 0.739. The second-order valence-corrected chi connectivity index (χ2v) is 8.99. The van der Waals surface area contributed by atoms with E-state index in [1.807, 2.05) is 25.1 Å². The first-order chi connectivity index (χ1) is 16.8. The molecule has 2 aliphatic rings. The van der Waals surface area contributed by atoms with Gasteiger partial charge in [-0.15, -0.1) is 0 Å². The molecule has 0 amide bonds. The molecule has 0 saturated heterocycles. The van der Waals surface area contributed by atoms with Crippen LogP contribution in [0.15, 0.2) is 42.1 Å². The van der Waals surface area contributed by atoms with Crippen LogP contribution < -0.4 is 14.8 Å². The third-order valence-corrected chi connectivity index (χ3v) is 6.60. The Labute approximate surface area is 203 Å². The summed E-state index contributed by atoms with van der Waals surface area (Å²) in [6.45, 7) is 1.80. The van der Waals surface area contributed by atoms with Gasteiger partial charge in [0.1, 0.15) is 12.4 Å². The fraction of sp³-hybridized carbons (Fsp3) is 0.500. The van der Waals surface area contributed by atoms with Gasteiger partial charge in [0.25, 0.3) is 0 Å². The van der Waals surface area contributed by atoms with Crippen LogP contribution in [0.2, 0.25) is 0 Å². The zero-order chi connectivity index (χ0) is 25.0. The van der Waals surface area contributed by atoms with Crippen molar-refractivity contribution in [2.45, 2.75) is 44.4 Å². The number of pyridine rings is 1. The Morgan fingerprint density at radius 1 is 1.20 bits per heavy atom. The maximum atomic E-state index is 13.7. The average Bonchev–Trinajstić information content (AvgIpc) is 3.19. The summed E-state index contributed by atoms with van der Waals surface area (Å²) in [7, 11) is 1.49. The van der Waals surface area contributed by atoms with E-state index in [2.05, 4.69) is 16.4 Å². The number of hydrogen-bond acceptors (Lipinski definition) is 5. The SMILES string of the molecule is COc1cnc(OCCNCCCF)cc1[C@@H]1C2=C(C[C@@H](C)N1CC(F)(F)F)c1ccccc1C2. The molecule has 1 aliphatic heterocycles. The van der Waals surface area contributed by atoms with Crippen molar-refractivity contribution in [2.75, 3.05) is 40.0 Å². The number of aromatic nitrogens is 1. The smallest absolute Gasteiger partial charge is 0.401 e. The molecule has 1 N–H and O–H groups in total. The number of ether oxygens (including phenoxy) is 2. The van der Waals surface area contributed by atoms with Crippen LogP contribution in [0.3, 0.4) is 0 Å². The van der Waals surface area contributed by atoms with E-state index >= 15 is 0 Å². The Kier molecular flexibility index (Phi) is 7.96. The molecule has 0 radical (unpaired) electrons.